The number of hydrogen-bond donors (Lipinski definition) is 1. The maximum atomic E-state index is 5.28. The fraction of sp³-hybridized carbons (Fsp3) is 0.500. The fourth-order valence-electron chi connectivity index (χ4n) is 1.77. The minimum atomic E-state index is 0.849. The average molecular weight is 349 g/mol. The second kappa shape index (κ2) is 5.41. The van der Waals surface area contributed by atoms with Crippen molar-refractivity contribution in [1.82, 2.24) is 0 Å². The molecule has 1 saturated carbocycles. The van der Waals surface area contributed by atoms with E-state index >= 15 is 0 Å². The van der Waals surface area contributed by atoms with E-state index in [0.29, 0.717) is 0 Å². The second-order valence-electron chi connectivity index (χ2n) is 4.14. The summed E-state index contributed by atoms with van der Waals surface area (Å²) in [5, 5.41) is 3.47. The molecule has 0 saturated heterocycles. The van der Waals surface area contributed by atoms with Gasteiger partial charge in [-0.3, -0.25) is 0 Å². The van der Waals surface area contributed by atoms with E-state index in [1.54, 1.807) is 7.11 Å². The van der Waals surface area contributed by atoms with Crippen molar-refractivity contribution >= 4 is 37.5 Å². The summed E-state index contributed by atoms with van der Waals surface area (Å²) in [4.78, 5) is 0. The minimum absolute atomic E-state index is 0.849. The first-order chi connectivity index (χ1) is 7.70. The van der Waals surface area contributed by atoms with E-state index < -0.39 is 0 Å². The van der Waals surface area contributed by atoms with Gasteiger partial charge in [0.1, 0.15) is 5.75 Å². The van der Waals surface area contributed by atoms with Gasteiger partial charge in [0.25, 0.3) is 0 Å². The second-order valence-corrected chi connectivity index (χ2v) is 5.85. The minimum Gasteiger partial charge on any atom is -0.495 e. The van der Waals surface area contributed by atoms with Gasteiger partial charge in [-0.25, -0.2) is 0 Å². The van der Waals surface area contributed by atoms with E-state index in [9.17, 15) is 0 Å². The molecule has 1 aliphatic rings. The Kier molecular flexibility index (Phi) is 4.14. The lowest BCUT2D eigenvalue weighted by molar-refractivity contribution is 0.333. The Labute approximate surface area is 113 Å². The van der Waals surface area contributed by atoms with Crippen LogP contribution in [0.1, 0.15) is 19.3 Å². The van der Waals surface area contributed by atoms with Gasteiger partial charge in [-0.2, -0.15) is 0 Å². The predicted octanol–water partition coefficient (Wildman–Crippen LogP) is 4.43. The Morgan fingerprint density at radius 2 is 2.06 bits per heavy atom. The predicted molar refractivity (Wildman–Crippen MR) is 74.2 cm³/mol. The first-order valence-electron chi connectivity index (χ1n) is 5.47. The molecule has 1 aromatic carbocycles. The van der Waals surface area contributed by atoms with Crippen LogP contribution in [0.5, 0.6) is 5.75 Å². The summed E-state index contributed by atoms with van der Waals surface area (Å²) < 4.78 is 7.32. The SMILES string of the molecule is COc1cc(NCC2CCC2)c(Br)cc1Br. The number of ether oxygens (including phenoxy) is 1. The Balaban J connectivity index is 2.06. The average Bonchev–Trinajstić information content (AvgIpc) is 2.18. The normalized spacial score (nSPS) is 15.7. The molecule has 1 aromatic rings. The van der Waals surface area contributed by atoms with Gasteiger partial charge in [-0.1, -0.05) is 6.42 Å². The maximum absolute atomic E-state index is 5.28. The number of nitrogens with one attached hydrogen (secondary N) is 1. The van der Waals surface area contributed by atoms with Crippen LogP contribution in [0.25, 0.3) is 0 Å². The standard InChI is InChI=1S/C12H15Br2NO/c1-16-12-6-11(9(13)5-10(12)14)15-7-8-3-2-4-8/h5-6,8,15H,2-4,7H2,1H3. The fourth-order valence-corrected chi connectivity index (χ4v) is 3.07. The molecule has 1 N–H and O–H groups in total. The van der Waals surface area contributed by atoms with Crippen LogP contribution in [-0.2, 0) is 0 Å². The zero-order valence-corrected chi connectivity index (χ0v) is 12.4. The first-order valence-corrected chi connectivity index (χ1v) is 7.06. The van der Waals surface area contributed by atoms with E-state index in [-0.39, 0.29) is 0 Å². The molecule has 0 aromatic heterocycles. The molecule has 0 unspecified atom stereocenters. The van der Waals surface area contributed by atoms with Crippen molar-refractivity contribution in [3.63, 3.8) is 0 Å². The van der Waals surface area contributed by atoms with E-state index in [1.807, 2.05) is 12.1 Å². The summed E-state index contributed by atoms with van der Waals surface area (Å²) in [7, 11) is 1.68. The van der Waals surface area contributed by atoms with Crippen LogP contribution < -0.4 is 10.1 Å². The summed E-state index contributed by atoms with van der Waals surface area (Å²) >= 11 is 7.02. The number of hydrogen-bond acceptors (Lipinski definition) is 2. The monoisotopic (exact) mass is 347 g/mol. The Hall–Kier alpha value is -0.220. The molecule has 0 spiro atoms. The zero-order valence-electron chi connectivity index (χ0n) is 9.22. The molecule has 4 heteroatoms. The van der Waals surface area contributed by atoms with Crippen LogP contribution in [0.2, 0.25) is 0 Å². The third-order valence-corrected chi connectivity index (χ3v) is 4.32. The van der Waals surface area contributed by atoms with Crippen molar-refractivity contribution < 1.29 is 4.74 Å². The van der Waals surface area contributed by atoms with Crippen LogP contribution in [0, 0.1) is 5.92 Å². The quantitative estimate of drug-likeness (QED) is 0.868. The topological polar surface area (TPSA) is 21.3 Å². The van der Waals surface area contributed by atoms with Crippen LogP contribution in [0.15, 0.2) is 21.1 Å². The Morgan fingerprint density at radius 1 is 1.31 bits per heavy atom. The zero-order chi connectivity index (χ0) is 11.5. The molecule has 2 nitrogen and oxygen atoms in total. The third kappa shape index (κ3) is 2.72. The molecule has 16 heavy (non-hydrogen) atoms. The third-order valence-electron chi connectivity index (χ3n) is 3.05. The molecule has 0 amide bonds. The van der Waals surface area contributed by atoms with Crippen molar-refractivity contribution in [3.05, 3.63) is 21.1 Å². The number of rotatable bonds is 4. The number of halogens is 2. The van der Waals surface area contributed by atoms with Crippen LogP contribution in [0.4, 0.5) is 5.69 Å². The molecule has 1 fully saturated rings. The van der Waals surface area contributed by atoms with Crippen LogP contribution in [0.3, 0.4) is 0 Å². The smallest absolute Gasteiger partial charge is 0.135 e. The summed E-state index contributed by atoms with van der Waals surface area (Å²) in [5.74, 6) is 1.71. The number of benzene rings is 1. The lowest BCUT2D eigenvalue weighted by Crippen LogP contribution is -2.21. The largest absolute Gasteiger partial charge is 0.495 e. The van der Waals surface area contributed by atoms with Gasteiger partial charge in [0, 0.05) is 17.1 Å². The number of anilines is 1. The van der Waals surface area contributed by atoms with Crippen molar-refractivity contribution in [2.24, 2.45) is 5.92 Å². The molecule has 2 rings (SSSR count). The lowest BCUT2D eigenvalue weighted by Gasteiger charge is -2.26. The summed E-state index contributed by atoms with van der Waals surface area (Å²) in [5.41, 5.74) is 1.10. The van der Waals surface area contributed by atoms with E-state index in [2.05, 4.69) is 37.2 Å². The Morgan fingerprint density at radius 3 is 2.62 bits per heavy atom. The van der Waals surface area contributed by atoms with Crippen molar-refractivity contribution in [2.75, 3.05) is 19.0 Å². The van der Waals surface area contributed by atoms with E-state index in [0.717, 1.165) is 32.8 Å². The van der Waals surface area contributed by atoms with Crippen molar-refractivity contribution in [2.45, 2.75) is 19.3 Å². The Bertz CT molecular complexity index is 378. The van der Waals surface area contributed by atoms with Crippen LogP contribution >= 0.6 is 31.9 Å². The van der Waals surface area contributed by atoms with Gasteiger partial charge in [0.2, 0.25) is 0 Å². The molecule has 0 radical (unpaired) electrons. The summed E-state index contributed by atoms with van der Waals surface area (Å²) in [6, 6.07) is 4.04. The molecule has 0 aliphatic heterocycles. The van der Waals surface area contributed by atoms with Gasteiger partial charge in [-0.15, -0.1) is 0 Å². The molecule has 88 valence electrons. The molecular formula is C12H15Br2NO. The molecular weight excluding hydrogens is 334 g/mol. The lowest BCUT2D eigenvalue weighted by atomic mass is 9.85. The highest BCUT2D eigenvalue weighted by atomic mass is 79.9. The summed E-state index contributed by atoms with van der Waals surface area (Å²) in [6.45, 7) is 1.06. The summed E-state index contributed by atoms with van der Waals surface area (Å²) in [6.07, 6.45) is 4.10. The van der Waals surface area contributed by atoms with Gasteiger partial charge >= 0.3 is 0 Å². The van der Waals surface area contributed by atoms with Crippen molar-refractivity contribution in [1.29, 1.82) is 0 Å². The highest BCUT2D eigenvalue weighted by Gasteiger charge is 2.17. The molecule has 0 heterocycles. The number of methoxy groups -OCH3 is 1. The first kappa shape index (κ1) is 12.2. The molecule has 1 aliphatic carbocycles. The maximum Gasteiger partial charge on any atom is 0.135 e. The van der Waals surface area contributed by atoms with E-state index in [1.165, 1.54) is 19.3 Å². The van der Waals surface area contributed by atoms with Crippen LogP contribution in [-0.4, -0.2) is 13.7 Å². The van der Waals surface area contributed by atoms with Gasteiger partial charge in [-0.05, 0) is 56.7 Å². The van der Waals surface area contributed by atoms with E-state index in [4.69, 9.17) is 4.74 Å². The molecule has 0 bridgehead atoms. The van der Waals surface area contributed by atoms with Gasteiger partial charge in [0.05, 0.1) is 17.3 Å². The highest BCUT2D eigenvalue weighted by Crippen LogP contribution is 2.35. The highest BCUT2D eigenvalue weighted by molar-refractivity contribution is 9.11. The van der Waals surface area contributed by atoms with Crippen molar-refractivity contribution in [3.8, 4) is 5.75 Å². The van der Waals surface area contributed by atoms with Gasteiger partial charge < -0.3 is 10.1 Å². The van der Waals surface area contributed by atoms with Gasteiger partial charge in [0.15, 0.2) is 0 Å². The molecule has 0 atom stereocenters.